The van der Waals surface area contributed by atoms with Crippen LogP contribution in [0.1, 0.15) is 0 Å². The summed E-state index contributed by atoms with van der Waals surface area (Å²) in [7, 11) is 0. The number of nitrogen functional groups attached to an aromatic ring is 1. The van der Waals surface area contributed by atoms with Crippen LogP contribution in [0.5, 0.6) is 0 Å². The second-order valence-electron chi connectivity index (χ2n) is 3.40. The van der Waals surface area contributed by atoms with Gasteiger partial charge in [0.2, 0.25) is 0 Å². The number of hydrogen-bond acceptors (Lipinski definition) is 3. The Balaban J connectivity index is 2.54. The molecule has 3 rings (SSSR count). The van der Waals surface area contributed by atoms with Gasteiger partial charge in [0.05, 0.1) is 10.9 Å². The van der Waals surface area contributed by atoms with Crippen LogP contribution in [-0.2, 0) is 0 Å². The van der Waals surface area contributed by atoms with Crippen molar-refractivity contribution >= 4 is 27.8 Å². The van der Waals surface area contributed by atoms with E-state index in [2.05, 4.69) is 15.2 Å². The van der Waals surface area contributed by atoms with E-state index in [0.29, 0.717) is 17.0 Å². The fourth-order valence-electron chi connectivity index (χ4n) is 1.64. The number of nitrogens with two attached hydrogens (primary N) is 1. The number of hydrogen-bond donors (Lipinski definition) is 3. The predicted molar refractivity (Wildman–Crippen MR) is 58.6 cm³/mol. The Morgan fingerprint density at radius 2 is 2.07 bits per heavy atom. The van der Waals surface area contributed by atoms with Crippen molar-refractivity contribution in [3.05, 3.63) is 34.5 Å². The first-order chi connectivity index (χ1) is 7.24. The van der Waals surface area contributed by atoms with Crippen LogP contribution < -0.4 is 11.2 Å². The lowest BCUT2D eigenvalue weighted by Crippen LogP contribution is -1.95. The quantitative estimate of drug-likeness (QED) is 0.505. The van der Waals surface area contributed by atoms with Crippen LogP contribution in [-0.4, -0.2) is 15.2 Å². The van der Waals surface area contributed by atoms with E-state index in [4.69, 9.17) is 5.73 Å². The SMILES string of the molecule is Nc1[nH][nH]c2nc3cc(=O)ccc3cc12. The van der Waals surface area contributed by atoms with Gasteiger partial charge in [-0.1, -0.05) is 0 Å². The Morgan fingerprint density at radius 1 is 1.20 bits per heavy atom. The minimum Gasteiger partial charge on any atom is -0.384 e. The van der Waals surface area contributed by atoms with E-state index in [0.717, 1.165) is 10.8 Å². The number of aromatic nitrogens is 3. The van der Waals surface area contributed by atoms with Gasteiger partial charge in [-0.15, -0.1) is 0 Å². The van der Waals surface area contributed by atoms with Gasteiger partial charge in [0, 0.05) is 11.5 Å². The summed E-state index contributed by atoms with van der Waals surface area (Å²) < 4.78 is 0. The normalized spacial score (nSPS) is 11.2. The average molecular weight is 200 g/mol. The zero-order chi connectivity index (χ0) is 10.4. The maximum atomic E-state index is 11.1. The number of H-pyrrole nitrogens is 2. The van der Waals surface area contributed by atoms with Gasteiger partial charge in [0.25, 0.3) is 0 Å². The number of nitrogens with zero attached hydrogens (tertiary/aromatic N) is 1. The lowest BCUT2D eigenvalue weighted by atomic mass is 10.2. The number of fused-ring (bicyclic) bond motifs is 2. The number of benzene rings is 1. The second kappa shape index (κ2) is 2.60. The van der Waals surface area contributed by atoms with Crippen molar-refractivity contribution in [2.24, 2.45) is 0 Å². The molecule has 0 aliphatic rings. The molecule has 0 saturated carbocycles. The minimum absolute atomic E-state index is 0.0437. The molecule has 0 bridgehead atoms. The monoisotopic (exact) mass is 200 g/mol. The fraction of sp³-hybridized carbons (Fsp3) is 0. The smallest absolute Gasteiger partial charge is 0.180 e. The molecule has 0 unspecified atom stereocenters. The van der Waals surface area contributed by atoms with E-state index in [1.54, 1.807) is 6.07 Å². The molecule has 2 aromatic heterocycles. The Bertz CT molecular complexity index is 710. The van der Waals surface area contributed by atoms with E-state index in [1.165, 1.54) is 12.1 Å². The molecule has 2 heterocycles. The lowest BCUT2D eigenvalue weighted by Gasteiger charge is -1.95. The molecule has 3 aromatic rings. The Morgan fingerprint density at radius 3 is 2.93 bits per heavy atom. The molecular formula is C10H8N4O. The third-order valence-corrected chi connectivity index (χ3v) is 2.39. The number of pyridine rings is 1. The second-order valence-corrected chi connectivity index (χ2v) is 3.40. The van der Waals surface area contributed by atoms with Gasteiger partial charge in [0.15, 0.2) is 11.1 Å². The van der Waals surface area contributed by atoms with Crippen LogP contribution in [0, 0.1) is 0 Å². The largest absolute Gasteiger partial charge is 0.384 e. The first-order valence-electron chi connectivity index (χ1n) is 4.51. The summed E-state index contributed by atoms with van der Waals surface area (Å²) >= 11 is 0. The lowest BCUT2D eigenvalue weighted by molar-refractivity contribution is 1.11. The molecule has 5 heteroatoms. The number of aromatic amines is 2. The summed E-state index contributed by atoms with van der Waals surface area (Å²) in [5.74, 6) is 0.547. The minimum atomic E-state index is -0.0437. The molecule has 5 nitrogen and oxygen atoms in total. The van der Waals surface area contributed by atoms with Gasteiger partial charge >= 0.3 is 0 Å². The number of anilines is 1. The number of rotatable bonds is 0. The van der Waals surface area contributed by atoms with E-state index < -0.39 is 0 Å². The maximum Gasteiger partial charge on any atom is 0.180 e. The highest BCUT2D eigenvalue weighted by molar-refractivity contribution is 5.95. The van der Waals surface area contributed by atoms with E-state index in [9.17, 15) is 4.79 Å². The highest BCUT2D eigenvalue weighted by Crippen LogP contribution is 2.20. The van der Waals surface area contributed by atoms with Crippen molar-refractivity contribution in [1.29, 1.82) is 0 Å². The summed E-state index contributed by atoms with van der Waals surface area (Å²) in [6.45, 7) is 0. The summed E-state index contributed by atoms with van der Waals surface area (Å²) in [5, 5.41) is 7.35. The summed E-state index contributed by atoms with van der Waals surface area (Å²) in [6, 6.07) is 6.67. The first-order valence-corrected chi connectivity index (χ1v) is 4.51. The third kappa shape index (κ3) is 1.10. The fourth-order valence-corrected chi connectivity index (χ4v) is 1.64. The highest BCUT2D eigenvalue weighted by atomic mass is 16.1. The molecule has 1 aromatic carbocycles. The van der Waals surface area contributed by atoms with Crippen molar-refractivity contribution in [1.82, 2.24) is 15.2 Å². The van der Waals surface area contributed by atoms with Gasteiger partial charge < -0.3 is 5.73 Å². The molecule has 0 aliphatic heterocycles. The highest BCUT2D eigenvalue weighted by Gasteiger charge is 2.04. The molecule has 0 fully saturated rings. The third-order valence-electron chi connectivity index (χ3n) is 2.39. The zero-order valence-electron chi connectivity index (χ0n) is 7.74. The van der Waals surface area contributed by atoms with Crippen LogP contribution in [0.25, 0.3) is 21.9 Å². The molecule has 0 saturated heterocycles. The van der Waals surface area contributed by atoms with Crippen molar-refractivity contribution in [3.8, 4) is 0 Å². The molecule has 4 N–H and O–H groups in total. The van der Waals surface area contributed by atoms with Gasteiger partial charge in [-0.05, 0) is 18.2 Å². The van der Waals surface area contributed by atoms with Crippen LogP contribution >= 0.6 is 0 Å². The van der Waals surface area contributed by atoms with E-state index >= 15 is 0 Å². The molecule has 0 atom stereocenters. The summed E-state index contributed by atoms with van der Waals surface area (Å²) in [4.78, 5) is 15.4. The first kappa shape index (κ1) is 8.05. The topological polar surface area (TPSA) is 87.6 Å². The molecular weight excluding hydrogens is 192 g/mol. The van der Waals surface area contributed by atoms with Crippen LogP contribution in [0.2, 0.25) is 0 Å². The van der Waals surface area contributed by atoms with Gasteiger partial charge in [-0.25, -0.2) is 4.98 Å². The van der Waals surface area contributed by atoms with Gasteiger partial charge in [0.1, 0.15) is 5.82 Å². The predicted octanol–water partition coefficient (Wildman–Crippen LogP) is 0.987. The van der Waals surface area contributed by atoms with Crippen molar-refractivity contribution in [3.63, 3.8) is 0 Å². The Labute approximate surface area is 83.9 Å². The number of nitrogens with one attached hydrogen (secondary N) is 2. The van der Waals surface area contributed by atoms with Crippen LogP contribution in [0.3, 0.4) is 0 Å². The van der Waals surface area contributed by atoms with E-state index in [1.807, 2.05) is 6.07 Å². The molecule has 0 amide bonds. The zero-order valence-corrected chi connectivity index (χ0v) is 7.74. The van der Waals surface area contributed by atoms with Crippen molar-refractivity contribution < 1.29 is 0 Å². The average Bonchev–Trinajstić information content (AvgIpc) is 2.57. The van der Waals surface area contributed by atoms with Crippen LogP contribution in [0.4, 0.5) is 5.82 Å². The molecule has 0 aliphatic carbocycles. The summed E-state index contributed by atoms with van der Waals surface area (Å²) in [6.07, 6.45) is 0. The standard InChI is InChI=1S/C10H8N4O/c11-9-7-3-5-1-2-6(15)4-8(5)12-10(7)14-13-9/h1-4H,(H4,11,12,13,14). The molecule has 0 radical (unpaired) electrons. The molecule has 74 valence electrons. The maximum absolute atomic E-state index is 11.1. The Kier molecular flexibility index (Phi) is 1.39. The van der Waals surface area contributed by atoms with Gasteiger partial charge in [-0.3, -0.25) is 15.0 Å². The van der Waals surface area contributed by atoms with Crippen LogP contribution in [0.15, 0.2) is 29.1 Å². The Hall–Kier alpha value is -2.30. The van der Waals surface area contributed by atoms with Crippen molar-refractivity contribution in [2.75, 3.05) is 5.73 Å². The molecule has 15 heavy (non-hydrogen) atoms. The molecule has 0 spiro atoms. The van der Waals surface area contributed by atoms with E-state index in [-0.39, 0.29) is 5.43 Å². The van der Waals surface area contributed by atoms with Gasteiger partial charge in [-0.2, -0.15) is 0 Å². The van der Waals surface area contributed by atoms with Crippen molar-refractivity contribution in [2.45, 2.75) is 0 Å². The summed E-state index contributed by atoms with van der Waals surface area (Å²) in [5.41, 5.74) is 6.99.